The fourth-order valence-electron chi connectivity index (χ4n) is 4.33. The minimum atomic E-state index is 0.0612. The molecule has 0 saturated carbocycles. The van der Waals surface area contributed by atoms with Crippen molar-refractivity contribution in [1.82, 2.24) is 5.32 Å². The third-order valence-corrected chi connectivity index (χ3v) is 5.72. The fourth-order valence-corrected chi connectivity index (χ4v) is 4.33. The number of hydrogen-bond donors (Lipinski definition) is 1. The van der Waals surface area contributed by atoms with Crippen LogP contribution in [0.2, 0.25) is 0 Å². The van der Waals surface area contributed by atoms with Gasteiger partial charge in [-0.15, -0.1) is 0 Å². The number of benzene rings is 2. The number of nitrogens with one attached hydrogen (secondary N) is 1. The SMILES string of the molecule is Cc1cc2occ(CC(=O)N[C@H]3CCCc4ccccc43)c2cc1C(C)C. The van der Waals surface area contributed by atoms with Crippen LogP contribution in [0.25, 0.3) is 11.0 Å². The van der Waals surface area contributed by atoms with Crippen LogP contribution >= 0.6 is 0 Å². The third-order valence-electron chi connectivity index (χ3n) is 5.72. The van der Waals surface area contributed by atoms with E-state index in [-0.39, 0.29) is 11.9 Å². The van der Waals surface area contributed by atoms with E-state index in [9.17, 15) is 4.79 Å². The maximum Gasteiger partial charge on any atom is 0.225 e. The van der Waals surface area contributed by atoms with Gasteiger partial charge in [-0.05, 0) is 66.5 Å². The normalized spacial score (nSPS) is 16.5. The zero-order valence-corrected chi connectivity index (χ0v) is 16.3. The standard InChI is InChI=1S/C24H27NO2/c1-15(2)20-13-21-18(14-27-23(21)11-16(20)3)12-24(26)25-22-10-6-8-17-7-4-5-9-19(17)22/h4-5,7,9,11,13-15,22H,6,8,10,12H2,1-3H3,(H,25,26)/t22-/m0/s1. The molecule has 140 valence electrons. The Kier molecular flexibility index (Phi) is 4.77. The number of amides is 1. The highest BCUT2D eigenvalue weighted by atomic mass is 16.3. The van der Waals surface area contributed by atoms with Crippen molar-refractivity contribution >= 4 is 16.9 Å². The van der Waals surface area contributed by atoms with Crippen LogP contribution in [0, 0.1) is 6.92 Å². The minimum absolute atomic E-state index is 0.0612. The highest BCUT2D eigenvalue weighted by Gasteiger charge is 2.22. The highest BCUT2D eigenvalue weighted by molar-refractivity contribution is 5.88. The van der Waals surface area contributed by atoms with Gasteiger partial charge in [-0.3, -0.25) is 4.79 Å². The van der Waals surface area contributed by atoms with E-state index >= 15 is 0 Å². The summed E-state index contributed by atoms with van der Waals surface area (Å²) in [5, 5.41) is 4.30. The second kappa shape index (κ2) is 7.22. The predicted octanol–water partition coefficient (Wildman–Crippen LogP) is 5.60. The van der Waals surface area contributed by atoms with Crippen LogP contribution in [0.15, 0.2) is 47.1 Å². The number of furan rings is 1. The molecule has 0 bridgehead atoms. The molecule has 4 rings (SSSR count). The van der Waals surface area contributed by atoms with Crippen LogP contribution in [0.1, 0.15) is 66.5 Å². The lowest BCUT2D eigenvalue weighted by Gasteiger charge is -2.26. The number of carbonyl (C=O) groups excluding carboxylic acids is 1. The Hall–Kier alpha value is -2.55. The van der Waals surface area contributed by atoms with Crippen molar-refractivity contribution in [3.63, 3.8) is 0 Å². The number of aryl methyl sites for hydroxylation is 2. The summed E-state index contributed by atoms with van der Waals surface area (Å²) >= 11 is 0. The smallest absolute Gasteiger partial charge is 0.225 e. The molecule has 1 amide bonds. The maximum atomic E-state index is 12.8. The van der Waals surface area contributed by atoms with Crippen LogP contribution in [-0.4, -0.2) is 5.91 Å². The molecule has 0 radical (unpaired) electrons. The molecule has 1 aliphatic rings. The van der Waals surface area contributed by atoms with Gasteiger partial charge in [0, 0.05) is 10.9 Å². The van der Waals surface area contributed by atoms with Crippen molar-refractivity contribution in [2.45, 2.75) is 58.4 Å². The molecule has 0 fully saturated rings. The first-order valence-electron chi connectivity index (χ1n) is 9.90. The topological polar surface area (TPSA) is 42.2 Å². The Bertz CT molecular complexity index is 983. The van der Waals surface area contributed by atoms with E-state index in [2.05, 4.69) is 62.5 Å². The summed E-state index contributed by atoms with van der Waals surface area (Å²) < 4.78 is 5.73. The van der Waals surface area contributed by atoms with E-state index in [1.807, 2.05) is 0 Å². The summed E-state index contributed by atoms with van der Waals surface area (Å²) in [7, 11) is 0. The Morgan fingerprint density at radius 2 is 2.07 bits per heavy atom. The summed E-state index contributed by atoms with van der Waals surface area (Å²) in [4.78, 5) is 12.8. The van der Waals surface area contributed by atoms with Gasteiger partial charge in [0.15, 0.2) is 0 Å². The summed E-state index contributed by atoms with van der Waals surface area (Å²) in [5.41, 5.74) is 7.01. The first-order valence-corrected chi connectivity index (χ1v) is 9.90. The monoisotopic (exact) mass is 361 g/mol. The Labute approximate surface area is 160 Å². The molecule has 0 unspecified atom stereocenters. The summed E-state index contributed by atoms with van der Waals surface area (Å²) in [5.74, 6) is 0.510. The first-order chi connectivity index (χ1) is 13.0. The minimum Gasteiger partial charge on any atom is -0.464 e. The fraction of sp³-hybridized carbons (Fsp3) is 0.375. The average molecular weight is 361 g/mol. The number of hydrogen-bond acceptors (Lipinski definition) is 2. The molecule has 0 spiro atoms. The molecule has 3 aromatic rings. The van der Waals surface area contributed by atoms with Gasteiger partial charge in [-0.2, -0.15) is 0 Å². The van der Waals surface area contributed by atoms with Crippen LogP contribution in [0.3, 0.4) is 0 Å². The lowest BCUT2D eigenvalue weighted by molar-refractivity contribution is -0.121. The van der Waals surface area contributed by atoms with Crippen LogP contribution < -0.4 is 5.32 Å². The number of carbonyl (C=O) groups is 1. The molecule has 1 aromatic heterocycles. The number of fused-ring (bicyclic) bond motifs is 2. The summed E-state index contributed by atoms with van der Waals surface area (Å²) in [6.45, 7) is 6.51. The zero-order chi connectivity index (χ0) is 19.0. The molecule has 1 atom stereocenters. The molecular weight excluding hydrogens is 334 g/mol. The summed E-state index contributed by atoms with van der Waals surface area (Å²) in [6, 6.07) is 12.9. The largest absolute Gasteiger partial charge is 0.464 e. The maximum absolute atomic E-state index is 12.8. The van der Waals surface area contributed by atoms with Gasteiger partial charge in [-0.25, -0.2) is 0 Å². The van der Waals surface area contributed by atoms with E-state index in [4.69, 9.17) is 4.42 Å². The van der Waals surface area contributed by atoms with Gasteiger partial charge in [0.05, 0.1) is 18.7 Å². The van der Waals surface area contributed by atoms with E-state index in [0.717, 1.165) is 35.8 Å². The van der Waals surface area contributed by atoms with Crippen molar-refractivity contribution < 1.29 is 9.21 Å². The molecule has 1 N–H and O–H groups in total. The van der Waals surface area contributed by atoms with Crippen LogP contribution in [-0.2, 0) is 17.6 Å². The Morgan fingerprint density at radius 3 is 2.89 bits per heavy atom. The van der Waals surface area contributed by atoms with E-state index in [1.165, 1.54) is 22.3 Å². The zero-order valence-electron chi connectivity index (χ0n) is 16.3. The Morgan fingerprint density at radius 1 is 1.26 bits per heavy atom. The van der Waals surface area contributed by atoms with E-state index < -0.39 is 0 Å². The van der Waals surface area contributed by atoms with Gasteiger partial charge in [-0.1, -0.05) is 38.1 Å². The highest BCUT2D eigenvalue weighted by Crippen LogP contribution is 2.31. The predicted molar refractivity (Wildman–Crippen MR) is 109 cm³/mol. The number of rotatable bonds is 4. The Balaban J connectivity index is 1.55. The average Bonchev–Trinajstić information content (AvgIpc) is 3.02. The van der Waals surface area contributed by atoms with Gasteiger partial charge in [0.1, 0.15) is 5.58 Å². The van der Waals surface area contributed by atoms with Crippen LogP contribution in [0.5, 0.6) is 0 Å². The lowest BCUT2D eigenvalue weighted by Crippen LogP contribution is -2.32. The molecule has 0 aliphatic heterocycles. The van der Waals surface area contributed by atoms with Crippen molar-refractivity contribution in [1.29, 1.82) is 0 Å². The molecular formula is C24H27NO2. The second-order valence-corrected chi connectivity index (χ2v) is 8.01. The molecule has 2 aromatic carbocycles. The van der Waals surface area contributed by atoms with Gasteiger partial charge in [0.2, 0.25) is 5.91 Å². The van der Waals surface area contributed by atoms with Crippen molar-refractivity contribution in [3.05, 3.63) is 70.5 Å². The quantitative estimate of drug-likeness (QED) is 0.657. The third kappa shape index (κ3) is 3.51. The summed E-state index contributed by atoms with van der Waals surface area (Å²) in [6.07, 6.45) is 5.32. The lowest BCUT2D eigenvalue weighted by atomic mass is 9.87. The van der Waals surface area contributed by atoms with Crippen molar-refractivity contribution in [2.24, 2.45) is 0 Å². The van der Waals surface area contributed by atoms with Gasteiger partial charge in [0.25, 0.3) is 0 Å². The van der Waals surface area contributed by atoms with E-state index in [1.54, 1.807) is 6.26 Å². The molecule has 1 aliphatic carbocycles. The van der Waals surface area contributed by atoms with Crippen LogP contribution in [0.4, 0.5) is 0 Å². The molecule has 1 heterocycles. The van der Waals surface area contributed by atoms with E-state index in [0.29, 0.717) is 12.3 Å². The second-order valence-electron chi connectivity index (χ2n) is 8.01. The van der Waals surface area contributed by atoms with Gasteiger partial charge >= 0.3 is 0 Å². The first kappa shape index (κ1) is 17.8. The van der Waals surface area contributed by atoms with Gasteiger partial charge < -0.3 is 9.73 Å². The molecule has 27 heavy (non-hydrogen) atoms. The van der Waals surface area contributed by atoms with Crippen molar-refractivity contribution in [2.75, 3.05) is 0 Å². The molecule has 0 saturated heterocycles. The van der Waals surface area contributed by atoms with Crippen molar-refractivity contribution in [3.8, 4) is 0 Å². The molecule has 3 nitrogen and oxygen atoms in total. The molecule has 3 heteroatoms.